The van der Waals surface area contributed by atoms with Gasteiger partial charge in [0.2, 0.25) is 6.33 Å². The number of fused-ring (bicyclic) bond motifs is 1. The Hall–Kier alpha value is -3.09. The number of phenolic OH excluding ortho intramolecular Hbond substituents is 1. The maximum atomic E-state index is 13.0. The lowest BCUT2D eigenvalue weighted by Gasteiger charge is -2.06. The Kier molecular flexibility index (Phi) is 2.94. The van der Waals surface area contributed by atoms with Gasteiger partial charge in [-0.3, -0.25) is 0 Å². The molecule has 1 aromatic heterocycles. The molecule has 0 amide bonds. The van der Waals surface area contributed by atoms with E-state index < -0.39 is 11.4 Å². The number of aromatic hydroxyl groups is 1. The van der Waals surface area contributed by atoms with E-state index in [4.69, 9.17) is 0 Å². The summed E-state index contributed by atoms with van der Waals surface area (Å²) in [6.07, 6.45) is 1.25. The molecule has 0 aliphatic carbocycles. The zero-order valence-corrected chi connectivity index (χ0v) is 10.6. The van der Waals surface area contributed by atoms with E-state index in [2.05, 4.69) is 15.1 Å². The van der Waals surface area contributed by atoms with Crippen molar-refractivity contribution >= 4 is 16.6 Å². The second-order valence-electron chi connectivity index (χ2n) is 4.40. The fourth-order valence-electron chi connectivity index (χ4n) is 2.22. The van der Waals surface area contributed by atoms with E-state index in [0.717, 1.165) is 0 Å². The minimum Gasteiger partial charge on any atom is -0.504 e. The Morgan fingerprint density at radius 1 is 1.24 bits per heavy atom. The normalized spacial score (nSPS) is 10.7. The van der Waals surface area contributed by atoms with Crippen LogP contribution in [0.15, 0.2) is 46.6 Å². The van der Waals surface area contributed by atoms with Crippen LogP contribution in [0.5, 0.6) is 5.75 Å². The monoisotopic (exact) mass is 286 g/mol. The highest BCUT2D eigenvalue weighted by Gasteiger charge is 2.20. The van der Waals surface area contributed by atoms with Crippen LogP contribution in [0, 0.1) is 10.7 Å². The fourth-order valence-corrected chi connectivity index (χ4v) is 2.22. The highest BCUT2D eigenvalue weighted by atomic mass is 19.1. The van der Waals surface area contributed by atoms with Crippen molar-refractivity contribution in [1.82, 2.24) is 4.98 Å². The van der Waals surface area contributed by atoms with E-state index in [1.54, 1.807) is 0 Å². The lowest BCUT2D eigenvalue weighted by Crippen LogP contribution is -2.16. The number of benzene rings is 2. The minimum absolute atomic E-state index is 0.0492. The molecule has 6 nitrogen and oxygen atoms in total. The number of aromatic amines is 2. The molecule has 3 rings (SSSR count). The number of H-pyrrole nitrogens is 2. The van der Waals surface area contributed by atoms with Crippen LogP contribution in [-0.4, -0.2) is 10.1 Å². The standard InChI is InChI=1S/C14H8FN3O3/c15-8-3-1-7(2-4-8)9-5-10(19)13-11(12(9)18-21)14(20)17-6-16-13/h1-6,19H,(H,16,17,20)/p+1. The average Bonchev–Trinajstić information content (AvgIpc) is 2.49. The molecule has 0 radical (unpaired) electrons. The molecule has 0 fully saturated rings. The van der Waals surface area contributed by atoms with Crippen molar-refractivity contribution in [2.24, 2.45) is 5.18 Å². The smallest absolute Gasteiger partial charge is 0.345 e. The van der Waals surface area contributed by atoms with Crippen molar-refractivity contribution in [1.29, 1.82) is 0 Å². The van der Waals surface area contributed by atoms with Crippen molar-refractivity contribution in [3.05, 3.63) is 57.7 Å². The Labute approximate surface area is 116 Å². The third-order valence-electron chi connectivity index (χ3n) is 3.17. The third kappa shape index (κ3) is 2.04. The van der Waals surface area contributed by atoms with Crippen LogP contribution in [0.3, 0.4) is 0 Å². The van der Waals surface area contributed by atoms with Crippen molar-refractivity contribution in [2.75, 3.05) is 0 Å². The number of hydrogen-bond donors (Lipinski definition) is 2. The number of nitroso groups, excluding NO2 is 1. The summed E-state index contributed by atoms with van der Waals surface area (Å²) in [5.41, 5.74) is 0.149. The van der Waals surface area contributed by atoms with Crippen molar-refractivity contribution in [2.45, 2.75) is 0 Å². The zero-order chi connectivity index (χ0) is 15.0. The van der Waals surface area contributed by atoms with E-state index in [-0.39, 0.29) is 27.9 Å². The molecule has 0 saturated heterocycles. The molecule has 3 aromatic rings. The Balaban J connectivity index is 2.44. The van der Waals surface area contributed by atoms with E-state index in [0.29, 0.717) is 5.56 Å². The molecule has 0 bridgehead atoms. The summed E-state index contributed by atoms with van der Waals surface area (Å²) < 4.78 is 13.0. The molecule has 0 saturated carbocycles. The van der Waals surface area contributed by atoms with Crippen LogP contribution < -0.4 is 10.5 Å². The molecule has 0 atom stereocenters. The molecule has 0 aliphatic heterocycles. The van der Waals surface area contributed by atoms with Gasteiger partial charge in [-0.05, 0) is 28.9 Å². The van der Waals surface area contributed by atoms with Crippen molar-refractivity contribution in [3.8, 4) is 16.9 Å². The molecule has 7 heteroatoms. The first kappa shape index (κ1) is 12.9. The summed E-state index contributed by atoms with van der Waals surface area (Å²) in [5.74, 6) is -0.640. The topological polar surface area (TPSA) is 96.7 Å². The maximum absolute atomic E-state index is 13.0. The number of hydrogen-bond acceptors (Lipinski definition) is 4. The Morgan fingerprint density at radius 2 is 1.95 bits per heavy atom. The van der Waals surface area contributed by atoms with Gasteiger partial charge in [0.05, 0.1) is 0 Å². The van der Waals surface area contributed by atoms with Crippen LogP contribution >= 0.6 is 0 Å². The molecule has 1 heterocycles. The van der Waals surface area contributed by atoms with Crippen molar-refractivity contribution < 1.29 is 14.5 Å². The summed E-state index contributed by atoms with van der Waals surface area (Å²) in [7, 11) is 0. The van der Waals surface area contributed by atoms with Crippen LogP contribution in [-0.2, 0) is 0 Å². The van der Waals surface area contributed by atoms with E-state index in [1.807, 2.05) is 0 Å². The quantitative estimate of drug-likeness (QED) is 0.707. The van der Waals surface area contributed by atoms with Crippen molar-refractivity contribution in [3.63, 3.8) is 0 Å². The molecule has 21 heavy (non-hydrogen) atoms. The summed E-state index contributed by atoms with van der Waals surface area (Å²) >= 11 is 0. The van der Waals surface area contributed by atoms with E-state index >= 15 is 0 Å². The van der Waals surface area contributed by atoms with Crippen LogP contribution in [0.2, 0.25) is 0 Å². The maximum Gasteiger partial charge on any atom is 0.345 e. The Morgan fingerprint density at radius 3 is 2.62 bits per heavy atom. The first-order chi connectivity index (χ1) is 10.1. The van der Waals surface area contributed by atoms with Crippen LogP contribution in [0.1, 0.15) is 0 Å². The second kappa shape index (κ2) is 4.78. The average molecular weight is 286 g/mol. The number of nitrogens with one attached hydrogen (secondary N) is 2. The van der Waals surface area contributed by atoms with E-state index in [9.17, 15) is 19.2 Å². The largest absolute Gasteiger partial charge is 0.504 e. The van der Waals surface area contributed by atoms with E-state index in [1.165, 1.54) is 36.7 Å². The number of aromatic nitrogens is 2. The molecule has 0 unspecified atom stereocenters. The number of rotatable bonds is 2. The number of phenols is 1. The van der Waals surface area contributed by atoms with Gasteiger partial charge in [-0.2, -0.15) is 0 Å². The Bertz CT molecular complexity index is 904. The fraction of sp³-hybridized carbons (Fsp3) is 0. The SMILES string of the molecule is O=Nc1c(-c2ccc(F)cc2)cc(O)c2[nH+]c[nH]c(=O)c12. The van der Waals surface area contributed by atoms with Gasteiger partial charge < -0.3 is 5.11 Å². The van der Waals surface area contributed by atoms with Gasteiger partial charge in [-0.15, -0.1) is 4.91 Å². The van der Waals surface area contributed by atoms with Gasteiger partial charge in [0.15, 0.2) is 11.3 Å². The van der Waals surface area contributed by atoms with Gasteiger partial charge in [0, 0.05) is 5.56 Å². The van der Waals surface area contributed by atoms with Gasteiger partial charge >= 0.3 is 5.56 Å². The van der Waals surface area contributed by atoms with Gasteiger partial charge in [-0.1, -0.05) is 12.1 Å². The summed E-state index contributed by atoms with van der Waals surface area (Å²) in [4.78, 5) is 28.1. The molecule has 104 valence electrons. The lowest BCUT2D eigenvalue weighted by molar-refractivity contribution is -0.350. The minimum atomic E-state index is -0.558. The molecular weight excluding hydrogens is 277 g/mol. The zero-order valence-electron chi connectivity index (χ0n) is 10.6. The molecular formula is C14H9FN3O3+. The molecule has 2 aromatic carbocycles. The molecule has 0 aliphatic rings. The third-order valence-corrected chi connectivity index (χ3v) is 3.17. The van der Waals surface area contributed by atoms with Gasteiger partial charge in [0.1, 0.15) is 16.9 Å². The summed E-state index contributed by atoms with van der Waals surface area (Å²) in [5, 5.41) is 12.9. The predicted molar refractivity (Wildman–Crippen MR) is 73.6 cm³/mol. The van der Waals surface area contributed by atoms with Gasteiger partial charge in [-0.25, -0.2) is 19.2 Å². The van der Waals surface area contributed by atoms with Crippen LogP contribution in [0.25, 0.3) is 22.0 Å². The first-order valence-electron chi connectivity index (χ1n) is 6.00. The predicted octanol–water partition coefficient (Wildman–Crippen LogP) is 2.25. The summed E-state index contributed by atoms with van der Waals surface area (Å²) in [6, 6.07) is 6.61. The number of nitrogens with zero attached hydrogens (tertiary/aromatic N) is 1. The van der Waals surface area contributed by atoms with Gasteiger partial charge in [0.25, 0.3) is 0 Å². The summed E-state index contributed by atoms with van der Waals surface area (Å²) in [6.45, 7) is 0. The lowest BCUT2D eigenvalue weighted by atomic mass is 10.0. The second-order valence-corrected chi connectivity index (χ2v) is 4.40. The molecule has 3 N–H and O–H groups in total. The number of halogens is 1. The molecule has 0 spiro atoms. The highest BCUT2D eigenvalue weighted by molar-refractivity contribution is 5.99. The highest BCUT2D eigenvalue weighted by Crippen LogP contribution is 2.38. The first-order valence-corrected chi connectivity index (χ1v) is 6.00. The van der Waals surface area contributed by atoms with Crippen LogP contribution in [0.4, 0.5) is 10.1 Å².